The number of carbonyl (C=O) groups excluding carboxylic acids is 1. The van der Waals surface area contributed by atoms with Crippen molar-refractivity contribution in [1.82, 2.24) is 4.90 Å². The van der Waals surface area contributed by atoms with Crippen LogP contribution in [0.4, 0.5) is 18.0 Å². The minimum Gasteiger partial charge on any atom is -0.440 e. The van der Waals surface area contributed by atoms with Crippen LogP contribution in [0.1, 0.15) is 13.8 Å². The molecule has 2 saturated heterocycles. The molecule has 0 aromatic carbocycles. The van der Waals surface area contributed by atoms with E-state index in [4.69, 9.17) is 9.47 Å². The first-order chi connectivity index (χ1) is 8.68. The Morgan fingerprint density at radius 1 is 1.42 bits per heavy atom. The highest BCUT2D eigenvalue weighted by Crippen LogP contribution is 2.30. The first kappa shape index (κ1) is 14.4. The van der Waals surface area contributed by atoms with Gasteiger partial charge in [0.15, 0.2) is 6.61 Å². The van der Waals surface area contributed by atoms with Gasteiger partial charge in [0.05, 0.1) is 31.4 Å². The van der Waals surface area contributed by atoms with Crippen molar-refractivity contribution in [3.8, 4) is 0 Å². The number of carbonyl (C=O) groups is 1. The van der Waals surface area contributed by atoms with Crippen molar-refractivity contribution in [2.45, 2.75) is 37.8 Å². The van der Waals surface area contributed by atoms with E-state index < -0.39 is 24.5 Å². The van der Waals surface area contributed by atoms with Crippen LogP contribution in [0.5, 0.6) is 0 Å². The molecule has 0 saturated carbocycles. The second-order valence-corrected chi connectivity index (χ2v) is 5.32. The molecule has 8 heteroatoms. The molecule has 110 valence electrons. The molecule has 5 nitrogen and oxygen atoms in total. The van der Waals surface area contributed by atoms with E-state index in [0.717, 1.165) is 0 Å². The number of fused-ring (bicyclic) bond motifs is 1. The van der Waals surface area contributed by atoms with Crippen LogP contribution in [0.2, 0.25) is 0 Å². The maximum atomic E-state index is 12.1. The van der Waals surface area contributed by atoms with Gasteiger partial charge >= 0.3 is 12.3 Å². The van der Waals surface area contributed by atoms with E-state index >= 15 is 0 Å². The van der Waals surface area contributed by atoms with Crippen molar-refractivity contribution in [2.75, 3.05) is 26.4 Å². The number of hydrogen-bond donors (Lipinski definition) is 0. The minimum absolute atomic E-state index is 0.175. The zero-order valence-electron chi connectivity index (χ0n) is 10.7. The van der Waals surface area contributed by atoms with Crippen molar-refractivity contribution < 1.29 is 32.2 Å². The number of alkyl halides is 3. The van der Waals surface area contributed by atoms with E-state index in [2.05, 4.69) is 4.74 Å². The number of halogens is 3. The van der Waals surface area contributed by atoms with Gasteiger partial charge in [0.25, 0.3) is 0 Å². The van der Waals surface area contributed by atoms with Gasteiger partial charge in [-0.1, -0.05) is 0 Å². The fourth-order valence-corrected chi connectivity index (χ4v) is 2.33. The van der Waals surface area contributed by atoms with Crippen LogP contribution in [-0.2, 0) is 14.2 Å². The quantitative estimate of drug-likeness (QED) is 0.733. The highest BCUT2D eigenvalue weighted by Gasteiger charge is 2.47. The number of nitrogens with zero attached hydrogens (tertiary/aromatic N) is 1. The first-order valence-corrected chi connectivity index (χ1v) is 5.94. The smallest absolute Gasteiger partial charge is 0.422 e. The molecule has 2 atom stereocenters. The highest BCUT2D eigenvalue weighted by atomic mass is 19.4. The molecule has 0 unspecified atom stereocenters. The third-order valence-corrected chi connectivity index (χ3v) is 3.02. The number of hydrogen-bond acceptors (Lipinski definition) is 4. The Hall–Kier alpha value is -1.02. The Kier molecular flexibility index (Phi) is 3.65. The lowest BCUT2D eigenvalue weighted by Crippen LogP contribution is -2.60. The van der Waals surface area contributed by atoms with Gasteiger partial charge in [-0.15, -0.1) is 0 Å². The maximum absolute atomic E-state index is 12.1. The van der Waals surface area contributed by atoms with Crippen molar-refractivity contribution in [3.63, 3.8) is 0 Å². The van der Waals surface area contributed by atoms with Crippen LogP contribution in [0.15, 0.2) is 0 Å². The molecule has 19 heavy (non-hydrogen) atoms. The van der Waals surface area contributed by atoms with E-state index in [1.807, 2.05) is 0 Å². The van der Waals surface area contributed by atoms with Gasteiger partial charge in [-0.05, 0) is 13.8 Å². The molecular weight excluding hydrogens is 267 g/mol. The Morgan fingerprint density at radius 3 is 2.74 bits per heavy atom. The lowest BCUT2D eigenvalue weighted by molar-refractivity contribution is -0.171. The molecule has 0 spiro atoms. The number of morpholine rings is 1. The normalized spacial score (nSPS) is 30.1. The summed E-state index contributed by atoms with van der Waals surface area (Å²) in [5, 5.41) is 0. The molecule has 0 aromatic rings. The Bertz CT molecular complexity index is 358. The third-order valence-electron chi connectivity index (χ3n) is 3.02. The molecule has 1 amide bonds. The van der Waals surface area contributed by atoms with Gasteiger partial charge in [-0.25, -0.2) is 4.79 Å². The van der Waals surface area contributed by atoms with Crippen molar-refractivity contribution in [3.05, 3.63) is 0 Å². The largest absolute Gasteiger partial charge is 0.440 e. The highest BCUT2D eigenvalue weighted by molar-refractivity contribution is 5.68. The number of ether oxygens (including phenoxy) is 3. The summed E-state index contributed by atoms with van der Waals surface area (Å²) >= 11 is 0. The third kappa shape index (κ3) is 3.50. The molecule has 0 bridgehead atoms. The molecule has 0 N–H and O–H groups in total. The topological polar surface area (TPSA) is 48.0 Å². The van der Waals surface area contributed by atoms with Crippen LogP contribution < -0.4 is 0 Å². The lowest BCUT2D eigenvalue weighted by atomic mass is 10.0. The molecular formula is C11H16F3NO4. The average molecular weight is 283 g/mol. The van der Waals surface area contributed by atoms with Gasteiger partial charge < -0.3 is 14.2 Å². The molecule has 0 aliphatic carbocycles. The molecule has 2 aliphatic rings. The molecule has 2 aliphatic heterocycles. The van der Waals surface area contributed by atoms with E-state index in [1.165, 1.54) is 4.90 Å². The summed E-state index contributed by atoms with van der Waals surface area (Å²) in [4.78, 5) is 13.0. The zero-order valence-corrected chi connectivity index (χ0v) is 10.7. The average Bonchev–Trinajstić information content (AvgIpc) is 2.69. The minimum atomic E-state index is -4.52. The van der Waals surface area contributed by atoms with Crippen LogP contribution in [0.3, 0.4) is 0 Å². The van der Waals surface area contributed by atoms with E-state index in [-0.39, 0.29) is 25.3 Å². The van der Waals surface area contributed by atoms with Gasteiger partial charge in [-0.2, -0.15) is 13.2 Å². The summed E-state index contributed by atoms with van der Waals surface area (Å²) in [6, 6.07) is -0.381. The van der Waals surface area contributed by atoms with Gasteiger partial charge in [0.1, 0.15) is 6.10 Å². The van der Waals surface area contributed by atoms with Crippen LogP contribution in [0, 0.1) is 0 Å². The van der Waals surface area contributed by atoms with Crippen LogP contribution in [0.25, 0.3) is 0 Å². The summed E-state index contributed by atoms with van der Waals surface area (Å²) in [6.45, 7) is 2.71. The maximum Gasteiger partial charge on any atom is 0.422 e. The van der Waals surface area contributed by atoms with Gasteiger partial charge in [0, 0.05) is 0 Å². The van der Waals surface area contributed by atoms with E-state index in [9.17, 15) is 18.0 Å². The molecule has 2 fully saturated rings. The van der Waals surface area contributed by atoms with E-state index in [1.54, 1.807) is 13.8 Å². The number of amides is 1. The zero-order chi connectivity index (χ0) is 14.3. The summed E-state index contributed by atoms with van der Waals surface area (Å²) in [6.07, 6.45) is -5.82. The fraction of sp³-hybridized carbons (Fsp3) is 0.909. The Morgan fingerprint density at radius 2 is 2.11 bits per heavy atom. The fourth-order valence-electron chi connectivity index (χ4n) is 2.33. The number of rotatable bonds is 1. The molecule has 0 radical (unpaired) electrons. The molecule has 2 rings (SSSR count). The Labute approximate surface area is 108 Å². The van der Waals surface area contributed by atoms with E-state index in [0.29, 0.717) is 6.61 Å². The van der Waals surface area contributed by atoms with Gasteiger partial charge in [-0.3, -0.25) is 4.90 Å². The van der Waals surface area contributed by atoms with Crippen LogP contribution in [-0.4, -0.2) is 61.3 Å². The first-order valence-electron chi connectivity index (χ1n) is 5.94. The monoisotopic (exact) mass is 283 g/mol. The second kappa shape index (κ2) is 4.82. The SMILES string of the molecule is CC1(C)CN(C(=O)OCC(F)(F)F)[C@@H]2COC[C@H]2O1. The summed E-state index contributed by atoms with van der Waals surface area (Å²) in [5.74, 6) is 0. The molecule has 2 heterocycles. The molecule has 0 aromatic heterocycles. The van der Waals surface area contributed by atoms with Crippen molar-refractivity contribution >= 4 is 6.09 Å². The van der Waals surface area contributed by atoms with Crippen molar-refractivity contribution in [2.24, 2.45) is 0 Å². The van der Waals surface area contributed by atoms with Crippen LogP contribution >= 0.6 is 0 Å². The predicted octanol–water partition coefficient (Wildman–Crippen LogP) is 1.56. The summed E-state index contributed by atoms with van der Waals surface area (Å²) < 4.78 is 51.4. The Balaban J connectivity index is 2.02. The summed E-state index contributed by atoms with van der Waals surface area (Å²) in [5.41, 5.74) is -0.633. The predicted molar refractivity (Wildman–Crippen MR) is 57.7 cm³/mol. The second-order valence-electron chi connectivity index (χ2n) is 5.32. The summed E-state index contributed by atoms with van der Waals surface area (Å²) in [7, 11) is 0. The van der Waals surface area contributed by atoms with Gasteiger partial charge in [0.2, 0.25) is 0 Å². The van der Waals surface area contributed by atoms with Crippen molar-refractivity contribution in [1.29, 1.82) is 0 Å². The standard InChI is InChI=1S/C11H16F3NO4/c1-10(2)5-15(7-3-17-4-8(7)19-10)9(16)18-6-11(12,13)14/h7-8H,3-6H2,1-2H3/t7-,8-/m1/s1. The lowest BCUT2D eigenvalue weighted by Gasteiger charge is -2.44.